The molecule has 1 aliphatic carbocycles. The highest BCUT2D eigenvalue weighted by Gasteiger charge is 2.23. The summed E-state index contributed by atoms with van der Waals surface area (Å²) in [6.45, 7) is 1.34. The van der Waals surface area contributed by atoms with Gasteiger partial charge in [0.25, 0.3) is 11.6 Å². The molecule has 2 atom stereocenters. The molecule has 152 valence electrons. The summed E-state index contributed by atoms with van der Waals surface area (Å²) in [5, 5.41) is 13.1. The Hall–Kier alpha value is -2.87. The summed E-state index contributed by atoms with van der Waals surface area (Å²) in [4.78, 5) is 35.4. The van der Waals surface area contributed by atoms with Crippen molar-refractivity contribution < 1.29 is 19.2 Å². The van der Waals surface area contributed by atoms with Crippen molar-refractivity contribution in [1.29, 1.82) is 0 Å². The maximum Gasteiger partial charge on any atom is 0.319 e. The molecule has 0 radical (unpaired) electrons. The van der Waals surface area contributed by atoms with E-state index >= 15 is 0 Å². The lowest BCUT2D eigenvalue weighted by molar-refractivity contribution is -0.384. The maximum atomic E-state index is 12.2. The van der Waals surface area contributed by atoms with Crippen molar-refractivity contribution in [3.8, 4) is 0 Å². The minimum atomic E-state index is -0.542. The molecule has 3 rings (SSSR count). The van der Waals surface area contributed by atoms with Crippen LogP contribution in [-0.4, -0.2) is 28.7 Å². The normalized spacial score (nSPS) is 16.4. The van der Waals surface area contributed by atoms with Crippen LogP contribution in [0.3, 0.4) is 0 Å². The van der Waals surface area contributed by atoms with Gasteiger partial charge in [-0.05, 0) is 49.4 Å². The first-order valence-corrected chi connectivity index (χ1v) is 10.3. The number of carbonyl (C=O) groups is 2. The van der Waals surface area contributed by atoms with E-state index in [4.69, 9.17) is 4.74 Å². The fourth-order valence-electron chi connectivity index (χ4n) is 3.29. The van der Waals surface area contributed by atoms with Crippen LogP contribution in [0.2, 0.25) is 0 Å². The van der Waals surface area contributed by atoms with Crippen LogP contribution in [0.15, 0.2) is 53.4 Å². The number of benzene rings is 2. The predicted octanol–water partition coefficient (Wildman–Crippen LogP) is 3.81. The Bertz CT molecular complexity index is 900. The molecule has 2 aromatic carbocycles. The summed E-state index contributed by atoms with van der Waals surface area (Å²) in [6, 6.07) is 13.9. The van der Waals surface area contributed by atoms with Gasteiger partial charge in [-0.1, -0.05) is 24.3 Å². The number of esters is 1. The van der Waals surface area contributed by atoms with Gasteiger partial charge in [0.1, 0.15) is 5.25 Å². The Balaban J connectivity index is 1.47. The number of nitro groups is 1. The monoisotopic (exact) mass is 414 g/mol. The SMILES string of the molecule is C[C@H](Sc1ccc([N+](=O)[O-])cc1)C(=O)OCC(=O)N[C@@H]1CCCc2ccccc21. The van der Waals surface area contributed by atoms with Crippen molar-refractivity contribution in [2.24, 2.45) is 0 Å². The van der Waals surface area contributed by atoms with Crippen molar-refractivity contribution >= 4 is 29.3 Å². The highest BCUT2D eigenvalue weighted by molar-refractivity contribution is 8.00. The third kappa shape index (κ3) is 5.57. The summed E-state index contributed by atoms with van der Waals surface area (Å²) in [6.07, 6.45) is 2.88. The summed E-state index contributed by atoms with van der Waals surface area (Å²) < 4.78 is 5.15. The van der Waals surface area contributed by atoms with Crippen LogP contribution < -0.4 is 5.32 Å². The van der Waals surface area contributed by atoms with Crippen molar-refractivity contribution in [3.05, 3.63) is 69.8 Å². The van der Waals surface area contributed by atoms with Crippen LogP contribution in [0.1, 0.15) is 36.9 Å². The van der Waals surface area contributed by atoms with Gasteiger partial charge in [0, 0.05) is 17.0 Å². The van der Waals surface area contributed by atoms with E-state index < -0.39 is 16.1 Å². The first-order chi connectivity index (χ1) is 13.9. The maximum absolute atomic E-state index is 12.2. The first kappa shape index (κ1) is 20.9. The number of non-ortho nitro benzene ring substituents is 1. The van der Waals surface area contributed by atoms with Gasteiger partial charge in [-0.2, -0.15) is 0 Å². The topological polar surface area (TPSA) is 98.5 Å². The number of nitrogens with zero attached hydrogens (tertiary/aromatic N) is 1. The molecule has 29 heavy (non-hydrogen) atoms. The molecule has 8 heteroatoms. The smallest absolute Gasteiger partial charge is 0.319 e. The number of rotatable bonds is 7. The Kier molecular flexibility index (Phi) is 6.87. The van der Waals surface area contributed by atoms with Crippen molar-refractivity contribution in [2.45, 2.75) is 42.4 Å². The van der Waals surface area contributed by atoms with Crippen LogP contribution >= 0.6 is 11.8 Å². The average molecular weight is 414 g/mol. The van der Waals surface area contributed by atoms with E-state index in [1.165, 1.54) is 29.5 Å². The second kappa shape index (κ2) is 9.56. The zero-order valence-electron chi connectivity index (χ0n) is 16.0. The van der Waals surface area contributed by atoms with Gasteiger partial charge < -0.3 is 10.1 Å². The number of fused-ring (bicyclic) bond motifs is 1. The zero-order valence-corrected chi connectivity index (χ0v) is 16.8. The molecule has 0 unspecified atom stereocenters. The van der Waals surface area contributed by atoms with Gasteiger partial charge in [-0.3, -0.25) is 19.7 Å². The standard InChI is InChI=1S/C21H22N2O5S/c1-14(29-17-11-9-16(10-12-17)23(26)27)21(25)28-13-20(24)22-19-8-4-6-15-5-2-3-7-18(15)19/h2-3,5,7,9-12,14,19H,4,6,8,13H2,1H3,(H,22,24)/t14-,19+/m0/s1. The van der Waals surface area contributed by atoms with Crippen molar-refractivity contribution in [1.82, 2.24) is 5.32 Å². The van der Waals surface area contributed by atoms with Crippen molar-refractivity contribution in [3.63, 3.8) is 0 Å². The van der Waals surface area contributed by atoms with Crippen LogP contribution in [0.4, 0.5) is 5.69 Å². The first-order valence-electron chi connectivity index (χ1n) is 9.39. The Morgan fingerprint density at radius 2 is 1.97 bits per heavy atom. The van der Waals surface area contributed by atoms with E-state index in [9.17, 15) is 19.7 Å². The van der Waals surface area contributed by atoms with Crippen molar-refractivity contribution in [2.75, 3.05) is 6.61 Å². The van der Waals surface area contributed by atoms with E-state index in [1.54, 1.807) is 19.1 Å². The summed E-state index contributed by atoms with van der Waals surface area (Å²) >= 11 is 1.22. The van der Waals surface area contributed by atoms with E-state index in [0.717, 1.165) is 24.8 Å². The van der Waals surface area contributed by atoms with E-state index in [1.807, 2.05) is 18.2 Å². The number of carbonyl (C=O) groups excluding carboxylic acids is 2. The molecule has 0 aromatic heterocycles. The minimum absolute atomic E-state index is 0.00876. The lowest BCUT2D eigenvalue weighted by Gasteiger charge is -2.26. The molecule has 2 aromatic rings. The number of ether oxygens (including phenoxy) is 1. The molecule has 0 fully saturated rings. The molecule has 0 saturated carbocycles. The van der Waals surface area contributed by atoms with Gasteiger partial charge in [0.05, 0.1) is 11.0 Å². The molecule has 1 N–H and O–H groups in total. The third-order valence-corrected chi connectivity index (χ3v) is 5.83. The van der Waals surface area contributed by atoms with Gasteiger partial charge >= 0.3 is 5.97 Å². The van der Waals surface area contributed by atoms with Crippen LogP contribution in [0.25, 0.3) is 0 Å². The second-order valence-corrected chi connectivity index (χ2v) is 8.24. The number of amides is 1. The summed E-state index contributed by atoms with van der Waals surface area (Å²) in [5.41, 5.74) is 2.36. The molecule has 1 aliphatic rings. The van der Waals surface area contributed by atoms with Gasteiger partial charge in [0.2, 0.25) is 0 Å². The van der Waals surface area contributed by atoms with Gasteiger partial charge in [-0.15, -0.1) is 11.8 Å². The number of hydrogen-bond donors (Lipinski definition) is 1. The number of nitro benzene ring substituents is 1. The molecule has 0 saturated heterocycles. The number of thioether (sulfide) groups is 1. The lowest BCUT2D eigenvalue weighted by atomic mass is 9.88. The van der Waals surface area contributed by atoms with Crippen LogP contribution in [0, 0.1) is 10.1 Å². The fraction of sp³-hybridized carbons (Fsp3) is 0.333. The molecule has 0 spiro atoms. The predicted molar refractivity (Wildman–Crippen MR) is 110 cm³/mol. The summed E-state index contributed by atoms with van der Waals surface area (Å²) in [5.74, 6) is -0.833. The third-order valence-electron chi connectivity index (χ3n) is 4.74. The Morgan fingerprint density at radius 1 is 1.24 bits per heavy atom. The molecule has 7 nitrogen and oxygen atoms in total. The highest BCUT2D eigenvalue weighted by atomic mass is 32.2. The minimum Gasteiger partial charge on any atom is -0.455 e. The average Bonchev–Trinajstić information content (AvgIpc) is 2.72. The van der Waals surface area contributed by atoms with E-state index in [-0.39, 0.29) is 24.2 Å². The Morgan fingerprint density at radius 3 is 2.69 bits per heavy atom. The zero-order chi connectivity index (χ0) is 20.8. The molecule has 1 amide bonds. The molecular weight excluding hydrogens is 392 g/mol. The van der Waals surface area contributed by atoms with Crippen LogP contribution in [-0.2, 0) is 20.7 Å². The lowest BCUT2D eigenvalue weighted by Crippen LogP contribution is -2.35. The van der Waals surface area contributed by atoms with E-state index in [2.05, 4.69) is 11.4 Å². The molecule has 0 bridgehead atoms. The largest absolute Gasteiger partial charge is 0.455 e. The van der Waals surface area contributed by atoms with Crippen LogP contribution in [0.5, 0.6) is 0 Å². The fourth-order valence-corrected chi connectivity index (χ4v) is 4.16. The molecular formula is C21H22N2O5S. The number of aryl methyl sites for hydroxylation is 1. The summed E-state index contributed by atoms with van der Waals surface area (Å²) in [7, 11) is 0. The van der Waals surface area contributed by atoms with Gasteiger partial charge in [-0.25, -0.2) is 0 Å². The molecule has 0 heterocycles. The number of hydrogen-bond acceptors (Lipinski definition) is 6. The highest BCUT2D eigenvalue weighted by Crippen LogP contribution is 2.29. The number of nitrogens with one attached hydrogen (secondary N) is 1. The quantitative estimate of drug-likeness (QED) is 0.320. The molecule has 0 aliphatic heterocycles. The van der Waals surface area contributed by atoms with Gasteiger partial charge in [0.15, 0.2) is 6.61 Å². The Labute approximate surface area is 173 Å². The van der Waals surface area contributed by atoms with E-state index in [0.29, 0.717) is 4.90 Å². The second-order valence-electron chi connectivity index (χ2n) is 6.83.